The molecule has 0 spiro atoms. The Morgan fingerprint density at radius 2 is 2.07 bits per heavy atom. The molecule has 5 heteroatoms. The van der Waals surface area contributed by atoms with Gasteiger partial charge in [0, 0.05) is 10.6 Å². The van der Waals surface area contributed by atoms with E-state index in [0.29, 0.717) is 10.6 Å². The van der Waals surface area contributed by atoms with Gasteiger partial charge >= 0.3 is 0 Å². The Bertz CT molecular complexity index is 333. The molecule has 1 atom stereocenters. The van der Waals surface area contributed by atoms with E-state index < -0.39 is 5.82 Å². The zero-order chi connectivity index (χ0) is 10.7. The van der Waals surface area contributed by atoms with Gasteiger partial charge in [-0.3, -0.25) is 0 Å². The molecule has 0 aliphatic carbocycles. The number of halogens is 3. The van der Waals surface area contributed by atoms with Gasteiger partial charge in [-0.1, -0.05) is 23.2 Å². The highest BCUT2D eigenvalue weighted by Gasteiger charge is 2.16. The molecule has 1 N–H and O–H groups in total. The van der Waals surface area contributed by atoms with Crippen LogP contribution >= 0.6 is 23.2 Å². The van der Waals surface area contributed by atoms with Gasteiger partial charge in [0.2, 0.25) is 0 Å². The monoisotopic (exact) mass is 237 g/mol. The Morgan fingerprint density at radius 1 is 1.43 bits per heavy atom. The van der Waals surface area contributed by atoms with Crippen molar-refractivity contribution >= 4 is 23.2 Å². The van der Waals surface area contributed by atoms with E-state index in [4.69, 9.17) is 28.0 Å². The Balaban J connectivity index is 3.11. The molecule has 0 aliphatic heterocycles. The van der Waals surface area contributed by atoms with Crippen LogP contribution in [0.1, 0.15) is 18.5 Å². The van der Waals surface area contributed by atoms with Gasteiger partial charge < -0.3 is 4.84 Å². The van der Waals surface area contributed by atoms with Crippen LogP contribution in [0.2, 0.25) is 10.0 Å². The van der Waals surface area contributed by atoms with E-state index in [0.717, 1.165) is 0 Å². The highest BCUT2D eigenvalue weighted by Crippen LogP contribution is 2.32. The van der Waals surface area contributed by atoms with E-state index in [1.165, 1.54) is 19.2 Å². The van der Waals surface area contributed by atoms with Gasteiger partial charge in [0.05, 0.1) is 18.2 Å². The molecule has 1 unspecified atom stereocenters. The molecule has 0 aliphatic rings. The molecular weight excluding hydrogens is 228 g/mol. The second-order valence-corrected chi connectivity index (χ2v) is 3.59. The average Bonchev–Trinajstić information content (AvgIpc) is 2.13. The maximum absolute atomic E-state index is 13.1. The molecule has 0 fully saturated rings. The minimum atomic E-state index is -0.490. The summed E-state index contributed by atoms with van der Waals surface area (Å²) < 4.78 is 13.1. The minimum absolute atomic E-state index is 0.0227. The van der Waals surface area contributed by atoms with E-state index >= 15 is 0 Å². The summed E-state index contributed by atoms with van der Waals surface area (Å²) in [5, 5.41) is 0.433. The third-order valence-electron chi connectivity index (χ3n) is 1.81. The lowest BCUT2D eigenvalue weighted by Crippen LogP contribution is -2.17. The molecule has 1 aromatic rings. The third kappa shape index (κ3) is 2.36. The normalized spacial score (nSPS) is 12.9. The van der Waals surface area contributed by atoms with E-state index in [9.17, 15) is 4.39 Å². The Kier molecular flexibility index (Phi) is 4.13. The first-order valence-electron chi connectivity index (χ1n) is 3.99. The van der Waals surface area contributed by atoms with Gasteiger partial charge in [0.1, 0.15) is 5.82 Å². The SMILES string of the molecule is CONC(C)c1c(Cl)ccc(F)c1Cl. The topological polar surface area (TPSA) is 21.3 Å². The zero-order valence-corrected chi connectivity index (χ0v) is 9.29. The van der Waals surface area contributed by atoms with Crippen molar-refractivity contribution in [2.75, 3.05) is 7.11 Å². The molecule has 14 heavy (non-hydrogen) atoms. The van der Waals surface area contributed by atoms with Crippen molar-refractivity contribution in [2.24, 2.45) is 0 Å². The molecule has 1 rings (SSSR count). The summed E-state index contributed by atoms with van der Waals surface area (Å²) in [5.41, 5.74) is 3.13. The van der Waals surface area contributed by atoms with Gasteiger partial charge in [-0.15, -0.1) is 0 Å². The van der Waals surface area contributed by atoms with E-state index in [1.807, 2.05) is 0 Å². The predicted octanol–water partition coefficient (Wildman–Crippen LogP) is 3.34. The van der Waals surface area contributed by atoms with Crippen molar-refractivity contribution in [3.8, 4) is 0 Å². The van der Waals surface area contributed by atoms with Crippen LogP contribution in [0, 0.1) is 5.82 Å². The van der Waals surface area contributed by atoms with Gasteiger partial charge in [0.15, 0.2) is 0 Å². The summed E-state index contributed by atoms with van der Waals surface area (Å²) in [5.74, 6) is -0.490. The minimum Gasteiger partial charge on any atom is -0.305 e. The number of hydroxylamine groups is 1. The number of rotatable bonds is 3. The maximum atomic E-state index is 13.1. The van der Waals surface area contributed by atoms with Gasteiger partial charge in [-0.25, -0.2) is 4.39 Å². The standard InChI is InChI=1S/C9H10Cl2FNO/c1-5(13-14-2)8-6(10)3-4-7(12)9(8)11/h3-5,13H,1-2H3. The van der Waals surface area contributed by atoms with Crippen LogP contribution in [-0.2, 0) is 4.84 Å². The van der Waals surface area contributed by atoms with Crippen LogP contribution in [0.25, 0.3) is 0 Å². The third-order valence-corrected chi connectivity index (χ3v) is 2.52. The molecular formula is C9H10Cl2FNO. The first-order valence-corrected chi connectivity index (χ1v) is 4.75. The molecule has 0 bridgehead atoms. The van der Waals surface area contributed by atoms with Crippen molar-refractivity contribution < 1.29 is 9.23 Å². The van der Waals surface area contributed by atoms with Gasteiger partial charge in [-0.2, -0.15) is 5.48 Å². The van der Waals surface area contributed by atoms with Crippen LogP contribution in [0.3, 0.4) is 0 Å². The van der Waals surface area contributed by atoms with Gasteiger partial charge in [-0.05, 0) is 19.1 Å². The van der Waals surface area contributed by atoms with Crippen molar-refractivity contribution in [1.82, 2.24) is 5.48 Å². The van der Waals surface area contributed by atoms with E-state index in [1.54, 1.807) is 6.92 Å². The highest BCUT2D eigenvalue weighted by atomic mass is 35.5. The smallest absolute Gasteiger partial charge is 0.142 e. The molecule has 0 saturated heterocycles. The van der Waals surface area contributed by atoms with Crippen LogP contribution in [0.4, 0.5) is 4.39 Å². The largest absolute Gasteiger partial charge is 0.305 e. The average molecular weight is 238 g/mol. The zero-order valence-electron chi connectivity index (χ0n) is 7.77. The number of hydrogen-bond acceptors (Lipinski definition) is 2. The quantitative estimate of drug-likeness (QED) is 0.644. The molecule has 0 aromatic heterocycles. The summed E-state index contributed by atoms with van der Waals surface area (Å²) in [7, 11) is 1.47. The summed E-state index contributed by atoms with van der Waals surface area (Å²) >= 11 is 11.7. The summed E-state index contributed by atoms with van der Waals surface area (Å²) in [6.45, 7) is 1.77. The van der Waals surface area contributed by atoms with Crippen molar-refractivity contribution in [1.29, 1.82) is 0 Å². The molecule has 0 heterocycles. The Morgan fingerprint density at radius 3 is 2.64 bits per heavy atom. The number of nitrogens with one attached hydrogen (secondary N) is 1. The van der Waals surface area contributed by atoms with Crippen LogP contribution in [0.5, 0.6) is 0 Å². The first-order chi connectivity index (χ1) is 6.57. The van der Waals surface area contributed by atoms with E-state index in [2.05, 4.69) is 5.48 Å². The van der Waals surface area contributed by atoms with Crippen LogP contribution in [0.15, 0.2) is 12.1 Å². The fraction of sp³-hybridized carbons (Fsp3) is 0.333. The molecule has 1 aromatic carbocycles. The van der Waals surface area contributed by atoms with Gasteiger partial charge in [0.25, 0.3) is 0 Å². The second kappa shape index (κ2) is 4.94. The maximum Gasteiger partial charge on any atom is 0.142 e. The molecule has 78 valence electrons. The number of benzene rings is 1. The fourth-order valence-electron chi connectivity index (χ4n) is 1.18. The summed E-state index contributed by atoms with van der Waals surface area (Å²) in [6.07, 6.45) is 0. The van der Waals surface area contributed by atoms with Crippen molar-refractivity contribution in [2.45, 2.75) is 13.0 Å². The lowest BCUT2D eigenvalue weighted by Gasteiger charge is -2.15. The predicted molar refractivity (Wildman–Crippen MR) is 55.0 cm³/mol. The lowest BCUT2D eigenvalue weighted by atomic mass is 10.1. The summed E-state index contributed by atoms with van der Waals surface area (Å²) in [4.78, 5) is 4.72. The first kappa shape index (κ1) is 11.7. The Hall–Kier alpha value is -0.350. The van der Waals surface area contributed by atoms with Crippen molar-refractivity contribution in [3.05, 3.63) is 33.6 Å². The lowest BCUT2D eigenvalue weighted by molar-refractivity contribution is 0.0658. The molecule has 0 saturated carbocycles. The van der Waals surface area contributed by atoms with E-state index in [-0.39, 0.29) is 11.1 Å². The molecule has 0 amide bonds. The summed E-state index contributed by atoms with van der Waals surface area (Å²) in [6, 6.07) is 2.43. The molecule has 0 radical (unpaired) electrons. The van der Waals surface area contributed by atoms with Crippen molar-refractivity contribution in [3.63, 3.8) is 0 Å². The van der Waals surface area contributed by atoms with Crippen LogP contribution < -0.4 is 5.48 Å². The Labute approximate surface area is 91.9 Å². The highest BCUT2D eigenvalue weighted by molar-refractivity contribution is 6.36. The second-order valence-electron chi connectivity index (χ2n) is 2.80. The number of hydrogen-bond donors (Lipinski definition) is 1. The molecule has 2 nitrogen and oxygen atoms in total. The fourth-order valence-corrected chi connectivity index (χ4v) is 1.87. The van der Waals surface area contributed by atoms with Crippen LogP contribution in [-0.4, -0.2) is 7.11 Å².